The van der Waals surface area contributed by atoms with Gasteiger partial charge in [-0.05, 0) is 0 Å². The van der Waals surface area contributed by atoms with Crippen molar-refractivity contribution in [3.8, 4) is 0 Å². The van der Waals surface area contributed by atoms with Gasteiger partial charge in [0, 0.05) is 0 Å². The van der Waals surface area contributed by atoms with Crippen molar-refractivity contribution in [3.05, 3.63) is 0 Å². The minimum atomic E-state index is -4.67. The maximum absolute atomic E-state index is 8.74. The Hall–Kier alpha value is -0.590. The molecule has 0 aromatic rings. The van der Waals surface area contributed by atoms with Gasteiger partial charge < -0.3 is 21.9 Å². The zero-order valence-electron chi connectivity index (χ0n) is 7.72. The standard InChI is InChI=1S/2CH2O3.Na.H2O4S.H/c2*2-1(3)4;;1-5(2,3)4;/h2*(H2,2,3,4);;(H2,1,2,3,4);/q;;+1;;-1. The molecule has 6 N–H and O–H groups in total. The van der Waals surface area contributed by atoms with Gasteiger partial charge in [0.05, 0.1) is 0 Å². The van der Waals surface area contributed by atoms with Crippen molar-refractivity contribution in [1.82, 2.24) is 0 Å². The molecule has 0 amide bonds. The first-order chi connectivity index (χ1) is 5.46. The van der Waals surface area contributed by atoms with Gasteiger partial charge in [-0.3, -0.25) is 9.11 Å². The SMILES string of the molecule is O=C(O)O.O=C(O)O.O=S(=O)(O)O.[H-].[Na+]. The zero-order valence-corrected chi connectivity index (χ0v) is 9.54. The van der Waals surface area contributed by atoms with E-state index in [1.807, 2.05) is 0 Å². The Morgan fingerprint density at radius 2 is 0.857 bits per heavy atom. The summed E-state index contributed by atoms with van der Waals surface area (Å²) in [4.78, 5) is 17.1. The quantitative estimate of drug-likeness (QED) is 0.188. The smallest absolute Gasteiger partial charge is 1.00 e. The van der Waals surface area contributed by atoms with E-state index >= 15 is 0 Å². The molecule has 0 aliphatic heterocycles. The summed E-state index contributed by atoms with van der Waals surface area (Å²) in [6.45, 7) is 0. The molecule has 12 heteroatoms. The topological polar surface area (TPSA) is 190 Å². The zero-order chi connectivity index (χ0) is 11.7. The molecule has 0 rings (SSSR count). The average molecular weight is 246 g/mol. The van der Waals surface area contributed by atoms with Crippen LogP contribution in [-0.4, -0.2) is 50.3 Å². The molecule has 82 valence electrons. The van der Waals surface area contributed by atoms with Crippen LogP contribution in [0.25, 0.3) is 0 Å². The van der Waals surface area contributed by atoms with Crippen LogP contribution in [0.1, 0.15) is 1.43 Å². The van der Waals surface area contributed by atoms with Crippen LogP contribution >= 0.6 is 0 Å². The van der Waals surface area contributed by atoms with E-state index in [1.165, 1.54) is 0 Å². The van der Waals surface area contributed by atoms with E-state index in [4.69, 9.17) is 47.5 Å². The van der Waals surface area contributed by atoms with Crippen LogP contribution in [-0.2, 0) is 10.4 Å². The molecule has 0 unspecified atom stereocenters. The van der Waals surface area contributed by atoms with Crippen LogP contribution in [0.15, 0.2) is 0 Å². The fourth-order valence-corrected chi connectivity index (χ4v) is 0. The number of hydrogen-bond donors (Lipinski definition) is 6. The second-order valence-electron chi connectivity index (χ2n) is 1.01. The second kappa shape index (κ2) is 12.4. The van der Waals surface area contributed by atoms with Crippen molar-refractivity contribution in [1.29, 1.82) is 0 Å². The summed E-state index contributed by atoms with van der Waals surface area (Å²) in [5.74, 6) is 0. The van der Waals surface area contributed by atoms with Gasteiger partial charge in [0.2, 0.25) is 0 Å². The number of hydrogen-bond acceptors (Lipinski definition) is 4. The third-order valence-electron chi connectivity index (χ3n) is 0. The van der Waals surface area contributed by atoms with Crippen LogP contribution in [0.5, 0.6) is 0 Å². The molecule has 0 spiro atoms. The van der Waals surface area contributed by atoms with Crippen LogP contribution < -0.4 is 29.6 Å². The third kappa shape index (κ3) is 3550. The van der Waals surface area contributed by atoms with Gasteiger partial charge in [-0.25, -0.2) is 9.59 Å². The van der Waals surface area contributed by atoms with E-state index in [1.54, 1.807) is 0 Å². The molecule has 0 saturated carbocycles. The van der Waals surface area contributed by atoms with Crippen LogP contribution in [0.3, 0.4) is 0 Å². The van der Waals surface area contributed by atoms with E-state index in [2.05, 4.69) is 0 Å². The van der Waals surface area contributed by atoms with Crippen molar-refractivity contribution in [2.45, 2.75) is 0 Å². The predicted octanol–water partition coefficient (Wildman–Crippen LogP) is -3.09. The van der Waals surface area contributed by atoms with E-state index in [0.29, 0.717) is 0 Å². The molecule has 10 nitrogen and oxygen atoms in total. The number of carbonyl (C=O) groups is 2. The second-order valence-corrected chi connectivity index (χ2v) is 1.91. The molecule has 0 radical (unpaired) electrons. The number of rotatable bonds is 0. The van der Waals surface area contributed by atoms with E-state index in [-0.39, 0.29) is 31.0 Å². The van der Waals surface area contributed by atoms with Gasteiger partial charge in [0.1, 0.15) is 0 Å². The van der Waals surface area contributed by atoms with Crippen molar-refractivity contribution < 1.29 is 78.5 Å². The Morgan fingerprint density at radius 3 is 0.857 bits per heavy atom. The normalized spacial score (nSPS) is 7.57. The van der Waals surface area contributed by atoms with Crippen molar-refractivity contribution in [2.24, 2.45) is 0 Å². The van der Waals surface area contributed by atoms with Gasteiger partial charge >= 0.3 is 52.3 Å². The Bertz CT molecular complexity index is 218. The molecule has 0 atom stereocenters. The molecule has 0 fully saturated rings. The number of carboxylic acid groups (broad SMARTS) is 4. The van der Waals surface area contributed by atoms with Crippen molar-refractivity contribution in [2.75, 3.05) is 0 Å². The molecular formula is C2H7NaO10S. The van der Waals surface area contributed by atoms with E-state index in [0.717, 1.165) is 0 Å². The Balaban J connectivity index is -0.0000000315. The Labute approximate surface area is 101 Å². The summed E-state index contributed by atoms with van der Waals surface area (Å²) in [7, 11) is -4.67. The van der Waals surface area contributed by atoms with Gasteiger partial charge in [-0.1, -0.05) is 0 Å². The first-order valence-corrected chi connectivity index (χ1v) is 3.40. The monoisotopic (exact) mass is 246 g/mol. The summed E-state index contributed by atoms with van der Waals surface area (Å²) < 4.78 is 31.6. The van der Waals surface area contributed by atoms with Gasteiger partial charge in [-0.2, -0.15) is 8.42 Å². The minimum absolute atomic E-state index is 0. The van der Waals surface area contributed by atoms with Crippen LogP contribution in [0.2, 0.25) is 0 Å². The molecule has 0 heterocycles. The largest absolute Gasteiger partial charge is 1.00 e. The fraction of sp³-hybridized carbons (Fsp3) is 0. The molecule has 0 aromatic carbocycles. The average Bonchev–Trinajstić information content (AvgIpc) is 1.50. The maximum atomic E-state index is 8.74. The van der Waals surface area contributed by atoms with E-state index in [9.17, 15) is 0 Å². The van der Waals surface area contributed by atoms with Crippen LogP contribution in [0.4, 0.5) is 9.59 Å². The Kier molecular flexibility index (Phi) is 20.7. The van der Waals surface area contributed by atoms with Gasteiger partial charge in [0.15, 0.2) is 0 Å². The summed E-state index contributed by atoms with van der Waals surface area (Å²) in [6.07, 6.45) is -3.67. The minimum Gasteiger partial charge on any atom is -1.00 e. The van der Waals surface area contributed by atoms with E-state index < -0.39 is 22.7 Å². The fourth-order valence-electron chi connectivity index (χ4n) is 0. The molecule has 0 bridgehead atoms. The van der Waals surface area contributed by atoms with Crippen LogP contribution in [0, 0.1) is 0 Å². The summed E-state index contributed by atoms with van der Waals surface area (Å²) in [5, 5.41) is 27.9. The summed E-state index contributed by atoms with van der Waals surface area (Å²) >= 11 is 0. The maximum Gasteiger partial charge on any atom is 1.00 e. The third-order valence-corrected chi connectivity index (χ3v) is 0. The van der Waals surface area contributed by atoms with Crippen molar-refractivity contribution in [3.63, 3.8) is 0 Å². The molecule has 0 aliphatic carbocycles. The van der Waals surface area contributed by atoms with Gasteiger partial charge in [0.25, 0.3) is 0 Å². The summed E-state index contributed by atoms with van der Waals surface area (Å²) in [6, 6.07) is 0. The predicted molar refractivity (Wildman–Crippen MR) is 36.6 cm³/mol. The Morgan fingerprint density at radius 1 is 0.857 bits per heavy atom. The molecule has 0 saturated heterocycles. The molecular weight excluding hydrogens is 239 g/mol. The first kappa shape index (κ1) is 23.3. The molecule has 0 aromatic heterocycles. The molecule has 0 aliphatic rings. The van der Waals surface area contributed by atoms with Gasteiger partial charge in [-0.15, -0.1) is 0 Å². The van der Waals surface area contributed by atoms with Crippen molar-refractivity contribution >= 4 is 22.7 Å². The molecule has 14 heavy (non-hydrogen) atoms. The first-order valence-electron chi connectivity index (χ1n) is 2.00. The summed E-state index contributed by atoms with van der Waals surface area (Å²) in [5.41, 5.74) is 0.